The molecule has 2 amide bonds. The second-order valence-corrected chi connectivity index (χ2v) is 3.24. The van der Waals surface area contributed by atoms with Gasteiger partial charge in [-0.3, -0.25) is 9.82 Å². The lowest BCUT2D eigenvalue weighted by atomic mass is 10.3. The van der Waals surface area contributed by atoms with E-state index in [9.17, 15) is 9.59 Å². The molecule has 0 aliphatic heterocycles. The van der Waals surface area contributed by atoms with Gasteiger partial charge in [0, 0.05) is 5.69 Å². The van der Waals surface area contributed by atoms with Gasteiger partial charge in [0.2, 0.25) is 0 Å². The van der Waals surface area contributed by atoms with Crippen molar-refractivity contribution in [2.45, 2.75) is 13.5 Å². The average Bonchev–Trinajstić information content (AvgIpc) is 2.26. The summed E-state index contributed by atoms with van der Waals surface area (Å²) in [5.41, 5.74) is 3.50. The van der Waals surface area contributed by atoms with Crippen LogP contribution < -0.4 is 10.8 Å². The van der Waals surface area contributed by atoms with Crippen LogP contribution in [0.2, 0.25) is 0 Å². The van der Waals surface area contributed by atoms with Crippen LogP contribution in [-0.4, -0.2) is 28.7 Å². The molecule has 0 saturated carbocycles. The molecule has 0 atom stereocenters. The van der Waals surface area contributed by atoms with Crippen LogP contribution in [-0.2, 0) is 16.2 Å². The van der Waals surface area contributed by atoms with E-state index in [4.69, 9.17) is 5.11 Å². The number of hydrogen-bond acceptors (Lipinski definition) is 4. The number of rotatable bonds is 5. The topological polar surface area (TPSA) is 101 Å². The summed E-state index contributed by atoms with van der Waals surface area (Å²) in [6.07, 6.45) is 0. The third kappa shape index (κ3) is 5.47. The first-order valence-corrected chi connectivity index (χ1v) is 4.88. The number of carboxylic acid groups (broad SMARTS) is 1. The fourth-order valence-electron chi connectivity index (χ4n) is 1.07. The van der Waals surface area contributed by atoms with Crippen molar-refractivity contribution in [2.24, 2.45) is 0 Å². The van der Waals surface area contributed by atoms with E-state index in [-0.39, 0.29) is 6.54 Å². The number of amides is 2. The second kappa shape index (κ2) is 6.44. The number of aliphatic carboxylic acids is 1. The lowest BCUT2D eigenvalue weighted by Crippen LogP contribution is -2.36. The zero-order valence-electron chi connectivity index (χ0n) is 9.27. The largest absolute Gasteiger partial charge is 0.479 e. The molecule has 17 heavy (non-hydrogen) atoms. The minimum absolute atomic E-state index is 0.240. The quantitative estimate of drug-likeness (QED) is 0.637. The van der Waals surface area contributed by atoms with Gasteiger partial charge in [-0.2, -0.15) is 0 Å². The van der Waals surface area contributed by atoms with E-state index < -0.39 is 18.6 Å². The van der Waals surface area contributed by atoms with Gasteiger partial charge in [-0.15, -0.1) is 0 Å². The molecule has 1 heterocycles. The Hall–Kier alpha value is -2.15. The van der Waals surface area contributed by atoms with Crippen molar-refractivity contribution in [1.29, 1.82) is 0 Å². The number of hydrogen-bond donors (Lipinski definition) is 3. The van der Waals surface area contributed by atoms with Gasteiger partial charge in [0.25, 0.3) is 0 Å². The van der Waals surface area contributed by atoms with Gasteiger partial charge in [-0.25, -0.2) is 15.1 Å². The molecule has 3 N–H and O–H groups in total. The predicted molar refractivity (Wildman–Crippen MR) is 57.9 cm³/mol. The molecule has 1 aromatic heterocycles. The molecule has 0 spiro atoms. The fraction of sp³-hybridized carbons (Fsp3) is 0.300. The Balaban J connectivity index is 2.26. The number of nitrogens with zero attached hydrogens (tertiary/aromatic N) is 1. The van der Waals surface area contributed by atoms with Crippen molar-refractivity contribution < 1.29 is 19.5 Å². The SMILES string of the molecule is Cc1cccc(CNC(=O)NOCC(=O)O)n1. The number of pyridine rings is 1. The Kier molecular flexibility index (Phi) is 4.89. The normalized spacial score (nSPS) is 9.71. The molecule has 0 unspecified atom stereocenters. The van der Waals surface area contributed by atoms with E-state index >= 15 is 0 Å². The third-order valence-electron chi connectivity index (χ3n) is 1.74. The van der Waals surface area contributed by atoms with Gasteiger partial charge >= 0.3 is 12.0 Å². The van der Waals surface area contributed by atoms with Gasteiger partial charge < -0.3 is 10.4 Å². The number of hydroxylamine groups is 1. The highest BCUT2D eigenvalue weighted by atomic mass is 16.7. The molecule has 92 valence electrons. The first-order chi connectivity index (χ1) is 8.08. The van der Waals surface area contributed by atoms with E-state index in [1.165, 1.54) is 0 Å². The molecule has 0 aromatic carbocycles. The molecule has 0 bridgehead atoms. The number of carbonyl (C=O) groups excluding carboxylic acids is 1. The van der Waals surface area contributed by atoms with Crippen LogP contribution in [0.25, 0.3) is 0 Å². The predicted octanol–water partition coefficient (Wildman–Crippen LogP) is 0.205. The average molecular weight is 239 g/mol. The van der Waals surface area contributed by atoms with Crippen molar-refractivity contribution in [1.82, 2.24) is 15.8 Å². The fourth-order valence-corrected chi connectivity index (χ4v) is 1.07. The smallest absolute Gasteiger partial charge is 0.339 e. The van der Waals surface area contributed by atoms with Crippen LogP contribution in [0, 0.1) is 6.92 Å². The number of urea groups is 1. The molecule has 7 heteroatoms. The summed E-state index contributed by atoms with van der Waals surface area (Å²) in [7, 11) is 0. The molecule has 0 aliphatic rings. The van der Waals surface area contributed by atoms with Crippen LogP contribution in [0.1, 0.15) is 11.4 Å². The Morgan fingerprint density at radius 3 is 2.88 bits per heavy atom. The molecule has 0 aliphatic carbocycles. The summed E-state index contributed by atoms with van der Waals surface area (Å²) >= 11 is 0. The summed E-state index contributed by atoms with van der Waals surface area (Å²) < 4.78 is 0. The second-order valence-electron chi connectivity index (χ2n) is 3.24. The van der Waals surface area contributed by atoms with E-state index in [2.05, 4.69) is 15.1 Å². The molecular formula is C10H13N3O4. The van der Waals surface area contributed by atoms with E-state index in [0.29, 0.717) is 5.69 Å². The maximum Gasteiger partial charge on any atom is 0.339 e. The molecule has 1 rings (SSSR count). The molecular weight excluding hydrogens is 226 g/mol. The lowest BCUT2D eigenvalue weighted by molar-refractivity contribution is -0.144. The van der Waals surface area contributed by atoms with Crippen LogP contribution in [0.15, 0.2) is 18.2 Å². The zero-order valence-corrected chi connectivity index (χ0v) is 9.27. The highest BCUT2D eigenvalue weighted by molar-refractivity contribution is 5.73. The summed E-state index contributed by atoms with van der Waals surface area (Å²) in [6.45, 7) is 1.50. The van der Waals surface area contributed by atoms with Crippen molar-refractivity contribution in [3.05, 3.63) is 29.6 Å². The standard InChI is InChI=1S/C10H13N3O4/c1-7-3-2-4-8(12-7)5-11-10(16)13-17-6-9(14)15/h2-4H,5-6H2,1H3,(H,14,15)(H2,11,13,16). The lowest BCUT2D eigenvalue weighted by Gasteiger charge is -2.06. The third-order valence-corrected chi connectivity index (χ3v) is 1.74. The molecule has 0 saturated heterocycles. The van der Waals surface area contributed by atoms with Gasteiger partial charge in [-0.05, 0) is 19.1 Å². The maximum absolute atomic E-state index is 11.1. The molecule has 7 nitrogen and oxygen atoms in total. The first kappa shape index (κ1) is 12.9. The number of aromatic nitrogens is 1. The van der Waals surface area contributed by atoms with Crippen molar-refractivity contribution in [3.8, 4) is 0 Å². The highest BCUT2D eigenvalue weighted by Gasteiger charge is 2.02. The van der Waals surface area contributed by atoms with E-state index in [0.717, 1.165) is 5.69 Å². The minimum Gasteiger partial charge on any atom is -0.479 e. The van der Waals surface area contributed by atoms with Crippen molar-refractivity contribution in [3.63, 3.8) is 0 Å². The Bertz CT molecular complexity index is 408. The molecule has 0 fully saturated rings. The monoisotopic (exact) mass is 239 g/mol. The number of carbonyl (C=O) groups is 2. The van der Waals surface area contributed by atoms with Crippen LogP contribution in [0.4, 0.5) is 4.79 Å². The molecule has 1 aromatic rings. The van der Waals surface area contributed by atoms with Gasteiger partial charge in [-0.1, -0.05) is 6.07 Å². The summed E-state index contributed by atoms with van der Waals surface area (Å²) in [6, 6.07) is 4.83. The summed E-state index contributed by atoms with van der Waals surface area (Å²) in [5.74, 6) is -1.16. The first-order valence-electron chi connectivity index (χ1n) is 4.88. The van der Waals surface area contributed by atoms with Crippen LogP contribution in [0.5, 0.6) is 0 Å². The molecule has 0 radical (unpaired) electrons. The number of aryl methyl sites for hydroxylation is 1. The Labute approximate surface area is 97.8 Å². The minimum atomic E-state index is -1.16. The highest BCUT2D eigenvalue weighted by Crippen LogP contribution is 1.96. The maximum atomic E-state index is 11.1. The van der Waals surface area contributed by atoms with Crippen molar-refractivity contribution in [2.75, 3.05) is 6.61 Å². The van der Waals surface area contributed by atoms with Gasteiger partial charge in [0.1, 0.15) is 0 Å². The zero-order chi connectivity index (χ0) is 12.7. The van der Waals surface area contributed by atoms with E-state index in [1.54, 1.807) is 6.07 Å². The summed E-state index contributed by atoms with van der Waals surface area (Å²) in [5, 5.41) is 10.7. The Morgan fingerprint density at radius 2 is 2.24 bits per heavy atom. The van der Waals surface area contributed by atoms with Gasteiger partial charge in [0.05, 0.1) is 12.2 Å². The van der Waals surface area contributed by atoms with Crippen LogP contribution in [0.3, 0.4) is 0 Å². The van der Waals surface area contributed by atoms with E-state index in [1.807, 2.05) is 24.5 Å². The van der Waals surface area contributed by atoms with Gasteiger partial charge in [0.15, 0.2) is 6.61 Å². The summed E-state index contributed by atoms with van der Waals surface area (Å²) in [4.78, 5) is 29.8. The number of carboxylic acids is 1. The van der Waals surface area contributed by atoms with Crippen molar-refractivity contribution >= 4 is 12.0 Å². The van der Waals surface area contributed by atoms with Crippen LogP contribution >= 0.6 is 0 Å². The number of nitrogens with one attached hydrogen (secondary N) is 2. The Morgan fingerprint density at radius 1 is 1.47 bits per heavy atom.